The van der Waals surface area contributed by atoms with Crippen LogP contribution in [0.5, 0.6) is 0 Å². The first kappa shape index (κ1) is 14.3. The molecule has 1 fully saturated rings. The van der Waals surface area contributed by atoms with Gasteiger partial charge in [0.15, 0.2) is 0 Å². The summed E-state index contributed by atoms with van der Waals surface area (Å²) >= 11 is 0. The van der Waals surface area contributed by atoms with E-state index >= 15 is 0 Å². The minimum atomic E-state index is 0.612. The molecule has 1 aliphatic rings. The van der Waals surface area contributed by atoms with Gasteiger partial charge >= 0.3 is 0 Å². The van der Waals surface area contributed by atoms with Crippen molar-refractivity contribution >= 4 is 0 Å². The van der Waals surface area contributed by atoms with Crippen molar-refractivity contribution in [2.45, 2.75) is 32.1 Å². The number of nitrogens with zero attached hydrogens (tertiary/aromatic N) is 1. The molecule has 0 aromatic heterocycles. The molecule has 1 nitrogen and oxygen atoms in total. The lowest BCUT2D eigenvalue weighted by Gasteiger charge is -2.39. The lowest BCUT2D eigenvalue weighted by atomic mass is 9.76. The maximum Gasteiger partial charge on any atom is 0.00561 e. The third-order valence-electron chi connectivity index (χ3n) is 4.84. The van der Waals surface area contributed by atoms with Crippen molar-refractivity contribution in [3.8, 4) is 0 Å². The Hall–Kier alpha value is -1.60. The maximum atomic E-state index is 2.59. The number of likely N-dealkylation sites (tertiary alicyclic amines) is 1. The van der Waals surface area contributed by atoms with Crippen LogP contribution >= 0.6 is 0 Å². The topological polar surface area (TPSA) is 3.24 Å². The van der Waals surface area contributed by atoms with Crippen LogP contribution in [0, 0.1) is 6.92 Å². The van der Waals surface area contributed by atoms with Gasteiger partial charge in [-0.1, -0.05) is 67.1 Å². The highest BCUT2D eigenvalue weighted by Crippen LogP contribution is 2.39. The van der Waals surface area contributed by atoms with Gasteiger partial charge in [0.2, 0.25) is 0 Å². The highest BCUT2D eigenvalue weighted by molar-refractivity contribution is 5.32. The van der Waals surface area contributed by atoms with Crippen LogP contribution < -0.4 is 0 Å². The van der Waals surface area contributed by atoms with E-state index in [1.807, 2.05) is 0 Å². The van der Waals surface area contributed by atoms with E-state index in [0.717, 1.165) is 6.54 Å². The summed E-state index contributed by atoms with van der Waals surface area (Å²) in [6.45, 7) is 8.03. The molecule has 21 heavy (non-hydrogen) atoms. The lowest BCUT2D eigenvalue weighted by Crippen LogP contribution is -2.38. The molecule has 1 saturated heterocycles. The molecule has 0 saturated carbocycles. The zero-order valence-corrected chi connectivity index (χ0v) is 13.1. The molecule has 0 aliphatic carbocycles. The third-order valence-corrected chi connectivity index (χ3v) is 4.84. The van der Waals surface area contributed by atoms with Crippen molar-refractivity contribution in [3.63, 3.8) is 0 Å². The summed E-state index contributed by atoms with van der Waals surface area (Å²) < 4.78 is 0. The van der Waals surface area contributed by atoms with Crippen LogP contribution in [-0.4, -0.2) is 24.5 Å². The Morgan fingerprint density at radius 1 is 0.952 bits per heavy atom. The molecular weight excluding hydrogens is 254 g/mol. The van der Waals surface area contributed by atoms with Crippen molar-refractivity contribution in [1.82, 2.24) is 4.90 Å². The number of aryl methyl sites for hydroxylation is 1. The molecule has 0 spiro atoms. The predicted octanol–water partition coefficient (Wildman–Crippen LogP) is 4.59. The summed E-state index contributed by atoms with van der Waals surface area (Å²) in [5.74, 6) is 1.26. The highest BCUT2D eigenvalue weighted by Gasteiger charge is 2.30. The molecule has 2 aromatic rings. The molecule has 0 bridgehead atoms. The maximum absolute atomic E-state index is 2.59. The standard InChI is InChI=1S/C20H25N/c1-3-21-13-12-19(17-9-5-4-6-10-17)20(15-21)18-11-7-8-16(2)14-18/h4-11,14,19-20H,3,12-13,15H2,1-2H3/t19-,20-/m1/s1. The summed E-state index contributed by atoms with van der Waals surface area (Å²) in [7, 11) is 0. The molecule has 0 radical (unpaired) electrons. The number of likely N-dealkylation sites (N-methyl/N-ethyl adjacent to an activating group) is 1. The molecular formula is C20H25N. The minimum Gasteiger partial charge on any atom is -0.303 e. The van der Waals surface area contributed by atoms with Crippen LogP contribution in [0.2, 0.25) is 0 Å². The largest absolute Gasteiger partial charge is 0.303 e. The molecule has 0 amide bonds. The predicted molar refractivity (Wildman–Crippen MR) is 89.8 cm³/mol. The van der Waals surface area contributed by atoms with E-state index in [0.29, 0.717) is 11.8 Å². The molecule has 110 valence electrons. The van der Waals surface area contributed by atoms with Gasteiger partial charge in [-0.2, -0.15) is 0 Å². The van der Waals surface area contributed by atoms with Gasteiger partial charge in [-0.3, -0.25) is 0 Å². The summed E-state index contributed by atoms with van der Waals surface area (Å²) in [6.07, 6.45) is 1.26. The van der Waals surface area contributed by atoms with E-state index in [9.17, 15) is 0 Å². The van der Waals surface area contributed by atoms with Gasteiger partial charge in [0, 0.05) is 12.5 Å². The monoisotopic (exact) mass is 279 g/mol. The molecule has 3 rings (SSSR count). The Labute approximate surface area is 128 Å². The van der Waals surface area contributed by atoms with Crippen LogP contribution in [0.15, 0.2) is 54.6 Å². The second-order valence-corrected chi connectivity index (χ2v) is 6.22. The normalized spacial score (nSPS) is 23.1. The van der Waals surface area contributed by atoms with Crippen LogP contribution in [-0.2, 0) is 0 Å². The zero-order chi connectivity index (χ0) is 14.7. The fourth-order valence-corrected chi connectivity index (χ4v) is 3.64. The molecule has 0 unspecified atom stereocenters. The fourth-order valence-electron chi connectivity index (χ4n) is 3.64. The van der Waals surface area contributed by atoms with Crippen LogP contribution in [0.4, 0.5) is 0 Å². The molecule has 1 aliphatic heterocycles. The average Bonchev–Trinajstić information content (AvgIpc) is 2.55. The Morgan fingerprint density at radius 3 is 2.43 bits per heavy atom. The van der Waals surface area contributed by atoms with E-state index in [2.05, 4.69) is 73.3 Å². The SMILES string of the molecule is CCN1CC[C@H](c2ccccc2)[C@@H](c2cccc(C)c2)C1. The van der Waals surface area contributed by atoms with Crippen LogP contribution in [0.25, 0.3) is 0 Å². The van der Waals surface area contributed by atoms with Crippen molar-refractivity contribution < 1.29 is 0 Å². The molecule has 1 heteroatoms. The summed E-state index contributed by atoms with van der Waals surface area (Å²) in [4.78, 5) is 2.59. The zero-order valence-electron chi connectivity index (χ0n) is 13.1. The van der Waals surface area contributed by atoms with Gasteiger partial charge in [0.1, 0.15) is 0 Å². The lowest BCUT2D eigenvalue weighted by molar-refractivity contribution is 0.198. The first-order valence-electron chi connectivity index (χ1n) is 8.12. The second-order valence-electron chi connectivity index (χ2n) is 6.22. The molecule has 2 aromatic carbocycles. The first-order valence-corrected chi connectivity index (χ1v) is 8.12. The van der Waals surface area contributed by atoms with Gasteiger partial charge in [-0.15, -0.1) is 0 Å². The molecule has 0 N–H and O–H groups in total. The number of piperidine rings is 1. The molecule has 1 heterocycles. The number of hydrogen-bond donors (Lipinski definition) is 0. The van der Waals surface area contributed by atoms with E-state index in [4.69, 9.17) is 0 Å². The quantitative estimate of drug-likeness (QED) is 0.794. The van der Waals surface area contributed by atoms with E-state index in [1.165, 1.54) is 36.2 Å². The van der Waals surface area contributed by atoms with Gasteiger partial charge in [-0.25, -0.2) is 0 Å². The fraction of sp³-hybridized carbons (Fsp3) is 0.400. The minimum absolute atomic E-state index is 0.612. The van der Waals surface area contributed by atoms with Gasteiger partial charge in [0.05, 0.1) is 0 Å². The van der Waals surface area contributed by atoms with E-state index in [1.54, 1.807) is 0 Å². The average molecular weight is 279 g/mol. The second kappa shape index (κ2) is 6.44. The van der Waals surface area contributed by atoms with Crippen LogP contribution in [0.3, 0.4) is 0 Å². The smallest absolute Gasteiger partial charge is 0.00561 e. The third kappa shape index (κ3) is 3.19. The van der Waals surface area contributed by atoms with E-state index < -0.39 is 0 Å². The van der Waals surface area contributed by atoms with Gasteiger partial charge in [-0.05, 0) is 43.5 Å². The Balaban J connectivity index is 1.94. The van der Waals surface area contributed by atoms with Crippen molar-refractivity contribution in [2.24, 2.45) is 0 Å². The first-order chi connectivity index (χ1) is 10.3. The summed E-state index contributed by atoms with van der Waals surface area (Å²) in [5.41, 5.74) is 4.37. The number of rotatable bonds is 3. The van der Waals surface area contributed by atoms with Crippen molar-refractivity contribution in [1.29, 1.82) is 0 Å². The Kier molecular flexibility index (Phi) is 4.40. The molecule has 2 atom stereocenters. The van der Waals surface area contributed by atoms with Crippen LogP contribution in [0.1, 0.15) is 41.9 Å². The highest BCUT2D eigenvalue weighted by atomic mass is 15.1. The van der Waals surface area contributed by atoms with Gasteiger partial charge < -0.3 is 4.90 Å². The summed E-state index contributed by atoms with van der Waals surface area (Å²) in [6, 6.07) is 20.2. The van der Waals surface area contributed by atoms with E-state index in [-0.39, 0.29) is 0 Å². The Morgan fingerprint density at radius 2 is 1.71 bits per heavy atom. The number of benzene rings is 2. The Bertz CT molecular complexity index is 575. The van der Waals surface area contributed by atoms with Crippen molar-refractivity contribution in [2.75, 3.05) is 19.6 Å². The van der Waals surface area contributed by atoms with Crippen molar-refractivity contribution in [3.05, 3.63) is 71.3 Å². The summed E-state index contributed by atoms with van der Waals surface area (Å²) in [5, 5.41) is 0. The van der Waals surface area contributed by atoms with Gasteiger partial charge in [0.25, 0.3) is 0 Å². The number of hydrogen-bond acceptors (Lipinski definition) is 1.